The van der Waals surface area contributed by atoms with Crippen molar-refractivity contribution in [3.8, 4) is 11.8 Å². The lowest BCUT2D eigenvalue weighted by atomic mass is 10.7. The highest BCUT2D eigenvalue weighted by Crippen LogP contribution is 2.20. The summed E-state index contributed by atoms with van der Waals surface area (Å²) in [6.07, 6.45) is -2.89. The number of alkyl halides is 3. The third-order valence-electron chi connectivity index (χ3n) is 1.03. The van der Waals surface area contributed by atoms with Crippen LogP contribution in [0.2, 0.25) is 0 Å². The summed E-state index contributed by atoms with van der Waals surface area (Å²) < 4.78 is 42.9. The number of hydrogen-bond donors (Lipinski definition) is 0. The summed E-state index contributed by atoms with van der Waals surface area (Å²) in [4.78, 5) is 6.78. The average Bonchev–Trinajstić information content (AvgIpc) is 2.03. The standard InChI is InChI=1S/C6H5F3N2O2/c1-12-4-2-11-5(3-10-4)13-6(7,8)9/h2-3H,1H3. The van der Waals surface area contributed by atoms with E-state index in [9.17, 15) is 13.2 Å². The number of hydrogen-bond acceptors (Lipinski definition) is 4. The van der Waals surface area contributed by atoms with E-state index < -0.39 is 12.2 Å². The molecule has 72 valence electrons. The molecule has 13 heavy (non-hydrogen) atoms. The van der Waals surface area contributed by atoms with Gasteiger partial charge < -0.3 is 9.47 Å². The highest BCUT2D eigenvalue weighted by atomic mass is 19.4. The van der Waals surface area contributed by atoms with E-state index in [-0.39, 0.29) is 5.88 Å². The average molecular weight is 194 g/mol. The summed E-state index contributed by atoms with van der Waals surface area (Å²) in [6, 6.07) is 0. The minimum atomic E-state index is -4.75. The smallest absolute Gasteiger partial charge is 0.480 e. The van der Waals surface area contributed by atoms with Gasteiger partial charge in [0.1, 0.15) is 0 Å². The Bertz CT molecular complexity index is 272. The summed E-state index contributed by atoms with van der Waals surface area (Å²) in [7, 11) is 1.33. The van der Waals surface area contributed by atoms with Gasteiger partial charge in [0.15, 0.2) is 0 Å². The quantitative estimate of drug-likeness (QED) is 0.713. The van der Waals surface area contributed by atoms with Crippen molar-refractivity contribution in [1.82, 2.24) is 9.97 Å². The lowest BCUT2D eigenvalue weighted by Gasteiger charge is -2.06. The third kappa shape index (κ3) is 3.14. The van der Waals surface area contributed by atoms with Gasteiger partial charge in [-0.25, -0.2) is 9.97 Å². The Morgan fingerprint density at radius 2 is 1.69 bits per heavy atom. The van der Waals surface area contributed by atoms with Gasteiger partial charge in [0.2, 0.25) is 11.8 Å². The van der Waals surface area contributed by atoms with Crippen molar-refractivity contribution >= 4 is 0 Å². The van der Waals surface area contributed by atoms with Gasteiger partial charge in [0.05, 0.1) is 19.5 Å². The van der Waals surface area contributed by atoms with Gasteiger partial charge in [-0.15, -0.1) is 13.2 Å². The van der Waals surface area contributed by atoms with Crippen LogP contribution in [0, 0.1) is 0 Å². The van der Waals surface area contributed by atoms with Crippen molar-refractivity contribution in [3.63, 3.8) is 0 Å². The monoisotopic (exact) mass is 194 g/mol. The molecule has 0 aliphatic rings. The Hall–Kier alpha value is -1.53. The topological polar surface area (TPSA) is 44.2 Å². The number of aromatic nitrogens is 2. The zero-order valence-corrected chi connectivity index (χ0v) is 6.50. The van der Waals surface area contributed by atoms with Crippen LogP contribution in [-0.4, -0.2) is 23.4 Å². The lowest BCUT2D eigenvalue weighted by molar-refractivity contribution is -0.276. The summed E-state index contributed by atoms with van der Waals surface area (Å²) in [5, 5.41) is 0. The maximum absolute atomic E-state index is 11.6. The lowest BCUT2D eigenvalue weighted by Crippen LogP contribution is -2.18. The fourth-order valence-corrected chi connectivity index (χ4v) is 0.581. The SMILES string of the molecule is COc1cnc(OC(F)(F)F)cn1. The van der Waals surface area contributed by atoms with Crippen LogP contribution in [0.4, 0.5) is 13.2 Å². The van der Waals surface area contributed by atoms with E-state index in [1.54, 1.807) is 0 Å². The Morgan fingerprint density at radius 1 is 1.15 bits per heavy atom. The van der Waals surface area contributed by atoms with Crippen LogP contribution in [0.3, 0.4) is 0 Å². The predicted octanol–water partition coefficient (Wildman–Crippen LogP) is 1.38. The molecular weight excluding hydrogens is 189 g/mol. The second kappa shape index (κ2) is 3.46. The first kappa shape index (κ1) is 9.56. The van der Waals surface area contributed by atoms with Crippen LogP contribution in [0.25, 0.3) is 0 Å². The second-order valence-electron chi connectivity index (χ2n) is 1.94. The van der Waals surface area contributed by atoms with Gasteiger partial charge >= 0.3 is 6.36 Å². The highest BCUT2D eigenvalue weighted by molar-refractivity contribution is 5.10. The molecule has 0 unspecified atom stereocenters. The predicted molar refractivity (Wildman–Crippen MR) is 35.3 cm³/mol. The number of methoxy groups -OCH3 is 1. The molecule has 0 N–H and O–H groups in total. The molecule has 0 fully saturated rings. The van der Waals surface area contributed by atoms with E-state index in [1.807, 2.05) is 0 Å². The van der Waals surface area contributed by atoms with E-state index in [2.05, 4.69) is 19.4 Å². The summed E-state index contributed by atoms with van der Waals surface area (Å²) in [6.45, 7) is 0. The molecule has 7 heteroatoms. The molecular formula is C6H5F3N2O2. The van der Waals surface area contributed by atoms with Gasteiger partial charge in [-0.05, 0) is 0 Å². The van der Waals surface area contributed by atoms with Crippen molar-refractivity contribution in [2.75, 3.05) is 7.11 Å². The van der Waals surface area contributed by atoms with Crippen molar-refractivity contribution < 1.29 is 22.6 Å². The highest BCUT2D eigenvalue weighted by Gasteiger charge is 2.31. The van der Waals surface area contributed by atoms with Crippen LogP contribution < -0.4 is 9.47 Å². The number of ether oxygens (including phenoxy) is 2. The summed E-state index contributed by atoms with van der Waals surface area (Å²) >= 11 is 0. The fraction of sp³-hybridized carbons (Fsp3) is 0.333. The first-order chi connectivity index (χ1) is 6.01. The minimum absolute atomic E-state index is 0.120. The molecule has 4 nitrogen and oxygen atoms in total. The molecule has 1 aromatic heterocycles. The van der Waals surface area contributed by atoms with Crippen LogP contribution in [0.1, 0.15) is 0 Å². The van der Waals surface area contributed by atoms with E-state index in [0.29, 0.717) is 0 Å². The van der Waals surface area contributed by atoms with Crippen LogP contribution in [0.5, 0.6) is 11.8 Å². The molecule has 0 saturated heterocycles. The Morgan fingerprint density at radius 3 is 2.08 bits per heavy atom. The van der Waals surface area contributed by atoms with Crippen molar-refractivity contribution in [3.05, 3.63) is 12.4 Å². The molecule has 1 aromatic rings. The molecule has 0 amide bonds. The summed E-state index contributed by atoms with van der Waals surface area (Å²) in [5.41, 5.74) is 0. The van der Waals surface area contributed by atoms with Crippen LogP contribution in [-0.2, 0) is 0 Å². The van der Waals surface area contributed by atoms with Crippen LogP contribution >= 0.6 is 0 Å². The molecule has 0 aliphatic carbocycles. The normalized spacial score (nSPS) is 11.1. The first-order valence-electron chi connectivity index (χ1n) is 3.13. The maximum Gasteiger partial charge on any atom is 0.574 e. The molecule has 0 aliphatic heterocycles. The van der Waals surface area contributed by atoms with Crippen LogP contribution in [0.15, 0.2) is 12.4 Å². The Balaban J connectivity index is 2.70. The number of rotatable bonds is 2. The second-order valence-corrected chi connectivity index (χ2v) is 1.94. The van der Waals surface area contributed by atoms with Gasteiger partial charge in [0.25, 0.3) is 0 Å². The third-order valence-corrected chi connectivity index (χ3v) is 1.03. The Labute approximate surface area is 71.3 Å². The zero-order valence-electron chi connectivity index (χ0n) is 6.50. The van der Waals surface area contributed by atoms with Gasteiger partial charge in [-0.1, -0.05) is 0 Å². The van der Waals surface area contributed by atoms with E-state index >= 15 is 0 Å². The summed E-state index contributed by atoms with van der Waals surface area (Å²) in [5.74, 6) is -0.497. The Kier molecular flexibility index (Phi) is 2.54. The molecule has 1 heterocycles. The maximum atomic E-state index is 11.6. The fourth-order valence-electron chi connectivity index (χ4n) is 0.581. The van der Waals surface area contributed by atoms with E-state index in [1.165, 1.54) is 7.11 Å². The van der Waals surface area contributed by atoms with Gasteiger partial charge in [-0.3, -0.25) is 0 Å². The van der Waals surface area contributed by atoms with Gasteiger partial charge in [0, 0.05) is 0 Å². The molecule has 0 radical (unpaired) electrons. The molecule has 0 aromatic carbocycles. The van der Waals surface area contributed by atoms with Crippen molar-refractivity contribution in [2.45, 2.75) is 6.36 Å². The molecule has 1 rings (SSSR count). The van der Waals surface area contributed by atoms with Crippen molar-refractivity contribution in [1.29, 1.82) is 0 Å². The molecule has 0 spiro atoms. The molecule has 0 bridgehead atoms. The van der Waals surface area contributed by atoms with E-state index in [0.717, 1.165) is 12.4 Å². The van der Waals surface area contributed by atoms with Crippen molar-refractivity contribution in [2.24, 2.45) is 0 Å². The number of halogens is 3. The largest absolute Gasteiger partial charge is 0.574 e. The molecule has 0 atom stereocenters. The zero-order chi connectivity index (χ0) is 9.90. The number of nitrogens with zero attached hydrogens (tertiary/aromatic N) is 2. The minimum Gasteiger partial charge on any atom is -0.480 e. The molecule has 0 saturated carbocycles. The van der Waals surface area contributed by atoms with E-state index in [4.69, 9.17) is 0 Å². The van der Waals surface area contributed by atoms with Gasteiger partial charge in [-0.2, -0.15) is 0 Å². The first-order valence-corrected chi connectivity index (χ1v) is 3.13.